The van der Waals surface area contributed by atoms with Crippen LogP contribution >= 0.6 is 24.8 Å². The highest BCUT2D eigenvalue weighted by Gasteiger charge is 2.51. The Hall–Kier alpha value is -1.20. The molecular weight excluding hydrogens is 515 g/mol. The summed E-state index contributed by atoms with van der Waals surface area (Å²) >= 11 is 0. The monoisotopic (exact) mass is 558 g/mol. The lowest BCUT2D eigenvalue weighted by atomic mass is 9.53. The molecule has 4 N–H and O–H groups in total. The summed E-state index contributed by atoms with van der Waals surface area (Å²) in [5.41, 5.74) is 2.48. The van der Waals surface area contributed by atoms with Gasteiger partial charge in [-0.2, -0.15) is 0 Å². The van der Waals surface area contributed by atoms with E-state index in [2.05, 4.69) is 22.8 Å². The Morgan fingerprint density at radius 1 is 0.579 bits per heavy atom. The molecule has 0 radical (unpaired) electrons. The summed E-state index contributed by atoms with van der Waals surface area (Å²) < 4.78 is 0. The van der Waals surface area contributed by atoms with Crippen molar-refractivity contribution in [2.45, 2.75) is 101 Å². The third-order valence-electron chi connectivity index (χ3n) is 11.7. The predicted octanol–water partition coefficient (Wildman–Crippen LogP) is 7.21. The number of hydrogen-bond donors (Lipinski definition) is 4. The second kappa shape index (κ2) is 9.72. The fourth-order valence-corrected chi connectivity index (χ4v) is 11.0. The zero-order chi connectivity index (χ0) is 24.1. The highest BCUT2D eigenvalue weighted by molar-refractivity contribution is 5.93. The van der Waals surface area contributed by atoms with Gasteiger partial charge in [0, 0.05) is 40.7 Å². The predicted molar refractivity (Wildman–Crippen MR) is 157 cm³/mol. The molecule has 0 aromatic heterocycles. The maximum Gasteiger partial charge on any atom is 0.127 e. The highest BCUT2D eigenvalue weighted by Crippen LogP contribution is 2.57. The van der Waals surface area contributed by atoms with Gasteiger partial charge in [-0.05, 0) is 130 Å². The summed E-state index contributed by atoms with van der Waals surface area (Å²) in [6.45, 7) is 1.41. The van der Waals surface area contributed by atoms with Crippen LogP contribution in [-0.2, 0) is 13.1 Å². The summed E-state index contributed by atoms with van der Waals surface area (Å²) in [6.07, 6.45) is 16.5. The van der Waals surface area contributed by atoms with Gasteiger partial charge in [0.15, 0.2) is 0 Å². The Balaban J connectivity index is 0.00000132. The molecule has 10 rings (SSSR count). The quantitative estimate of drug-likeness (QED) is 0.302. The second-order valence-electron chi connectivity index (χ2n) is 14.3. The number of halogens is 2. The van der Waals surface area contributed by atoms with Crippen LogP contribution in [0.4, 0.5) is 0 Å². The Bertz CT molecular complexity index is 1140. The van der Waals surface area contributed by atoms with Crippen LogP contribution in [0.1, 0.15) is 88.2 Å². The number of nitrogens with one attached hydrogen (secondary N) is 2. The van der Waals surface area contributed by atoms with Crippen molar-refractivity contribution in [3.8, 4) is 11.5 Å². The molecule has 0 amide bonds. The van der Waals surface area contributed by atoms with E-state index in [-0.39, 0.29) is 35.9 Å². The zero-order valence-electron chi connectivity index (χ0n) is 22.4. The van der Waals surface area contributed by atoms with Crippen LogP contribution in [0.25, 0.3) is 10.8 Å². The average Bonchev–Trinajstić information content (AvgIpc) is 2.81. The smallest absolute Gasteiger partial charge is 0.127 e. The van der Waals surface area contributed by atoms with Crippen LogP contribution in [-0.4, -0.2) is 21.3 Å². The number of phenolic OH excluding ortho intramolecular Hbond substituents is 2. The lowest BCUT2D eigenvalue weighted by molar-refractivity contribution is -0.0207. The molecule has 0 unspecified atom stereocenters. The van der Waals surface area contributed by atoms with Crippen LogP contribution in [0, 0.1) is 35.5 Å². The first-order valence-electron chi connectivity index (χ1n) is 14.9. The largest absolute Gasteiger partial charge is 0.508 e. The van der Waals surface area contributed by atoms with Gasteiger partial charge in [-0.1, -0.05) is 12.1 Å². The van der Waals surface area contributed by atoms with Crippen molar-refractivity contribution in [3.63, 3.8) is 0 Å². The topological polar surface area (TPSA) is 64.5 Å². The summed E-state index contributed by atoms with van der Waals surface area (Å²) in [5, 5.41) is 32.0. The fraction of sp³-hybridized carbons (Fsp3) is 0.688. The third-order valence-corrected chi connectivity index (χ3v) is 11.7. The molecule has 38 heavy (non-hydrogen) atoms. The summed E-state index contributed by atoms with van der Waals surface area (Å²) in [6, 6.07) is 7.93. The van der Waals surface area contributed by atoms with E-state index >= 15 is 0 Å². The molecule has 4 nitrogen and oxygen atoms in total. The minimum Gasteiger partial charge on any atom is -0.508 e. The molecule has 2 aromatic rings. The van der Waals surface area contributed by atoms with E-state index in [0.717, 1.165) is 64.0 Å². The van der Waals surface area contributed by atoms with Crippen molar-refractivity contribution in [2.24, 2.45) is 35.5 Å². The molecule has 208 valence electrons. The fourth-order valence-electron chi connectivity index (χ4n) is 11.0. The van der Waals surface area contributed by atoms with Crippen molar-refractivity contribution in [3.05, 3.63) is 35.4 Å². The van der Waals surface area contributed by atoms with Crippen molar-refractivity contribution < 1.29 is 10.2 Å². The first-order valence-corrected chi connectivity index (χ1v) is 14.9. The lowest BCUT2D eigenvalue weighted by Crippen LogP contribution is -2.58. The molecule has 8 saturated carbocycles. The summed E-state index contributed by atoms with van der Waals surface area (Å²) in [5.74, 6) is 6.19. The lowest BCUT2D eigenvalue weighted by Gasteiger charge is -2.57. The molecule has 0 spiro atoms. The van der Waals surface area contributed by atoms with Gasteiger partial charge in [-0.25, -0.2) is 0 Å². The Labute approximate surface area is 239 Å². The van der Waals surface area contributed by atoms with Gasteiger partial charge >= 0.3 is 0 Å². The van der Waals surface area contributed by atoms with Crippen LogP contribution in [0.15, 0.2) is 24.3 Å². The Morgan fingerprint density at radius 3 is 1.47 bits per heavy atom. The SMILES string of the molecule is Cl.Cl.Oc1ccc2c(O)c(CNC34CC5CC(CC(C5)C3)C4)ccc2c1CNC12CC3CC(CC(C3)C1)C2. The molecule has 0 atom stereocenters. The van der Waals surface area contributed by atoms with Crippen LogP contribution < -0.4 is 10.6 Å². The van der Waals surface area contributed by atoms with Gasteiger partial charge in [-0.3, -0.25) is 0 Å². The number of hydrogen-bond acceptors (Lipinski definition) is 4. The van der Waals surface area contributed by atoms with Crippen LogP contribution in [0.3, 0.4) is 0 Å². The van der Waals surface area contributed by atoms with Crippen molar-refractivity contribution in [1.82, 2.24) is 10.6 Å². The van der Waals surface area contributed by atoms with E-state index in [0.29, 0.717) is 18.0 Å². The third kappa shape index (κ3) is 4.42. The normalized spacial score (nSPS) is 39.8. The standard InChI is InChI=1S/C32H42N2O2.2ClH/c35-29-4-3-27-26(28(29)18-34-32-14-22-8-23(15-32)10-24(9-22)16-32)2-1-25(30(27)36)17-33-31-11-19-5-20(12-31)7-21(6-19)13-31;;/h1-4,19-24,33-36H,5-18H2;2*1H. The zero-order valence-corrected chi connectivity index (χ0v) is 24.0. The first kappa shape index (κ1) is 27.0. The Kier molecular flexibility index (Phi) is 6.90. The molecule has 8 aliphatic rings. The first-order chi connectivity index (χ1) is 17.4. The van der Waals surface area contributed by atoms with Crippen molar-refractivity contribution in [1.29, 1.82) is 0 Å². The van der Waals surface area contributed by atoms with Gasteiger partial charge < -0.3 is 20.8 Å². The number of aromatic hydroxyl groups is 2. The molecule has 2 aromatic carbocycles. The number of phenols is 2. The summed E-state index contributed by atoms with van der Waals surface area (Å²) in [7, 11) is 0. The van der Waals surface area contributed by atoms with Crippen LogP contribution in [0.5, 0.6) is 11.5 Å². The minimum atomic E-state index is 0. The van der Waals surface area contributed by atoms with E-state index < -0.39 is 0 Å². The van der Waals surface area contributed by atoms with Gasteiger partial charge in [0.25, 0.3) is 0 Å². The molecule has 8 aliphatic carbocycles. The molecular formula is C32H44Cl2N2O2. The second-order valence-corrected chi connectivity index (χ2v) is 14.3. The molecule has 8 fully saturated rings. The average molecular weight is 560 g/mol. The van der Waals surface area contributed by atoms with E-state index in [1.54, 1.807) is 6.07 Å². The number of rotatable bonds is 6. The minimum absolute atomic E-state index is 0. The van der Waals surface area contributed by atoms with Crippen molar-refractivity contribution in [2.75, 3.05) is 0 Å². The maximum absolute atomic E-state index is 11.3. The number of benzene rings is 2. The van der Waals surface area contributed by atoms with Gasteiger partial charge in [0.2, 0.25) is 0 Å². The highest BCUT2D eigenvalue weighted by atomic mass is 35.5. The number of fused-ring (bicyclic) bond motifs is 1. The molecule has 0 saturated heterocycles. The van der Waals surface area contributed by atoms with Crippen LogP contribution in [0.2, 0.25) is 0 Å². The van der Waals surface area contributed by atoms with Gasteiger partial charge in [0.05, 0.1) is 0 Å². The summed E-state index contributed by atoms with van der Waals surface area (Å²) in [4.78, 5) is 0. The van der Waals surface area contributed by atoms with Gasteiger partial charge in [0.1, 0.15) is 11.5 Å². The van der Waals surface area contributed by atoms with Gasteiger partial charge in [-0.15, -0.1) is 24.8 Å². The van der Waals surface area contributed by atoms with Crippen molar-refractivity contribution >= 4 is 35.6 Å². The van der Waals surface area contributed by atoms with E-state index in [9.17, 15) is 10.2 Å². The van der Waals surface area contributed by atoms with E-state index in [1.165, 1.54) is 77.0 Å². The Morgan fingerprint density at radius 2 is 1.00 bits per heavy atom. The molecule has 8 bridgehead atoms. The molecule has 0 heterocycles. The van der Waals surface area contributed by atoms with E-state index in [4.69, 9.17) is 0 Å². The molecule has 0 aliphatic heterocycles. The molecule has 6 heteroatoms. The maximum atomic E-state index is 11.3. The van der Waals surface area contributed by atoms with E-state index in [1.807, 2.05) is 6.07 Å².